The zero-order valence-electron chi connectivity index (χ0n) is 11.1. The Balaban J connectivity index is 2.75. The van der Waals surface area contributed by atoms with Crippen molar-refractivity contribution in [3.05, 3.63) is 0 Å². The minimum atomic E-state index is -0.931. The second-order valence-electron chi connectivity index (χ2n) is 4.99. The number of carbonyl (C=O) groups is 2. The number of urea groups is 1. The van der Waals surface area contributed by atoms with E-state index >= 15 is 0 Å². The molecule has 1 rings (SSSR count). The lowest BCUT2D eigenvalue weighted by atomic mass is 10.0. The van der Waals surface area contributed by atoms with Crippen molar-refractivity contribution in [2.45, 2.75) is 32.7 Å². The van der Waals surface area contributed by atoms with E-state index in [-0.39, 0.29) is 11.9 Å². The Hall–Kier alpha value is -1.30. The largest absolute Gasteiger partial charge is 0.480 e. The lowest BCUT2D eigenvalue weighted by Gasteiger charge is -2.39. The number of hydrogen-bond acceptors (Lipinski definition) is 3. The highest BCUT2D eigenvalue weighted by molar-refractivity contribution is 5.83. The fraction of sp³-hybridized carbons (Fsp3) is 0.833. The molecule has 2 amide bonds. The van der Waals surface area contributed by atoms with Gasteiger partial charge in [-0.25, -0.2) is 9.59 Å². The molecule has 1 aliphatic heterocycles. The highest BCUT2D eigenvalue weighted by Crippen LogP contribution is 2.18. The summed E-state index contributed by atoms with van der Waals surface area (Å²) < 4.78 is 0. The number of carbonyl (C=O) groups excluding carboxylic acids is 1. The van der Waals surface area contributed by atoms with Crippen molar-refractivity contribution in [2.75, 3.05) is 26.2 Å². The van der Waals surface area contributed by atoms with Crippen LogP contribution in [0.25, 0.3) is 0 Å². The number of carboxylic acids is 1. The average Bonchev–Trinajstić information content (AvgIpc) is 2.29. The quantitative estimate of drug-likeness (QED) is 0.728. The SMILES string of the molecule is CC(C)C(C(=O)O)N1CCCN(CCCN)C1=O. The third kappa shape index (κ3) is 3.35. The van der Waals surface area contributed by atoms with Gasteiger partial charge in [-0.15, -0.1) is 0 Å². The van der Waals surface area contributed by atoms with Gasteiger partial charge in [0, 0.05) is 19.6 Å². The number of carboxylic acid groups (broad SMARTS) is 1. The van der Waals surface area contributed by atoms with Crippen LogP contribution in [0.5, 0.6) is 0 Å². The lowest BCUT2D eigenvalue weighted by Crippen LogP contribution is -2.57. The van der Waals surface area contributed by atoms with Crippen LogP contribution in [0, 0.1) is 5.92 Å². The zero-order chi connectivity index (χ0) is 13.7. The smallest absolute Gasteiger partial charge is 0.326 e. The summed E-state index contributed by atoms with van der Waals surface area (Å²) in [6.07, 6.45) is 1.56. The molecule has 0 aromatic rings. The molecule has 0 radical (unpaired) electrons. The third-order valence-corrected chi connectivity index (χ3v) is 3.20. The molecule has 18 heavy (non-hydrogen) atoms. The molecule has 0 aliphatic carbocycles. The fourth-order valence-corrected chi connectivity index (χ4v) is 2.33. The second-order valence-corrected chi connectivity index (χ2v) is 4.99. The van der Waals surface area contributed by atoms with Gasteiger partial charge in [-0.05, 0) is 25.3 Å². The van der Waals surface area contributed by atoms with Gasteiger partial charge in [0.1, 0.15) is 6.04 Å². The molecule has 3 N–H and O–H groups in total. The Bertz CT molecular complexity index is 307. The maximum absolute atomic E-state index is 12.2. The molecular weight excluding hydrogens is 234 g/mol. The van der Waals surface area contributed by atoms with E-state index in [0.29, 0.717) is 26.2 Å². The van der Waals surface area contributed by atoms with Gasteiger partial charge in [-0.2, -0.15) is 0 Å². The van der Waals surface area contributed by atoms with Crippen LogP contribution in [0.1, 0.15) is 26.7 Å². The molecule has 1 aliphatic rings. The van der Waals surface area contributed by atoms with Gasteiger partial charge in [0.15, 0.2) is 0 Å². The predicted octanol–water partition coefficient (Wildman–Crippen LogP) is 0.572. The normalized spacial score (nSPS) is 18.3. The van der Waals surface area contributed by atoms with Crippen LogP contribution in [0.2, 0.25) is 0 Å². The van der Waals surface area contributed by atoms with E-state index in [2.05, 4.69) is 0 Å². The van der Waals surface area contributed by atoms with Crippen LogP contribution in [-0.4, -0.2) is 59.1 Å². The summed E-state index contributed by atoms with van der Waals surface area (Å²) >= 11 is 0. The Morgan fingerprint density at radius 3 is 2.61 bits per heavy atom. The minimum absolute atomic E-state index is 0.0964. The Morgan fingerprint density at radius 2 is 2.11 bits per heavy atom. The van der Waals surface area contributed by atoms with Crippen LogP contribution in [0.4, 0.5) is 4.79 Å². The molecule has 1 saturated heterocycles. The van der Waals surface area contributed by atoms with E-state index in [1.165, 1.54) is 4.90 Å². The molecule has 0 saturated carbocycles. The molecule has 6 nitrogen and oxygen atoms in total. The number of hydrogen-bond donors (Lipinski definition) is 2. The molecule has 1 atom stereocenters. The monoisotopic (exact) mass is 257 g/mol. The standard InChI is InChI=1S/C12H23N3O3/c1-9(2)10(11(16)17)15-8-4-7-14(12(15)18)6-3-5-13/h9-10H,3-8,13H2,1-2H3,(H,16,17). The first-order valence-corrected chi connectivity index (χ1v) is 6.47. The first-order chi connectivity index (χ1) is 8.49. The number of amides is 2. The summed E-state index contributed by atoms with van der Waals surface area (Å²) in [6.45, 7) is 6.01. The Morgan fingerprint density at radius 1 is 1.44 bits per heavy atom. The summed E-state index contributed by atoms with van der Waals surface area (Å²) in [6, 6.07) is -0.908. The van der Waals surface area contributed by atoms with Crippen LogP contribution < -0.4 is 5.73 Å². The van der Waals surface area contributed by atoms with Crippen molar-refractivity contribution in [1.82, 2.24) is 9.80 Å². The topological polar surface area (TPSA) is 86.9 Å². The van der Waals surface area contributed by atoms with E-state index in [1.54, 1.807) is 4.90 Å². The molecule has 104 valence electrons. The minimum Gasteiger partial charge on any atom is -0.480 e. The lowest BCUT2D eigenvalue weighted by molar-refractivity contribution is -0.144. The summed E-state index contributed by atoms with van der Waals surface area (Å²) in [5, 5.41) is 9.24. The molecule has 0 aromatic heterocycles. The van der Waals surface area contributed by atoms with E-state index < -0.39 is 12.0 Å². The van der Waals surface area contributed by atoms with Gasteiger partial charge in [-0.1, -0.05) is 13.8 Å². The predicted molar refractivity (Wildman–Crippen MR) is 68.2 cm³/mol. The molecular formula is C12H23N3O3. The Labute approximate surface area is 108 Å². The van der Waals surface area contributed by atoms with Gasteiger partial charge in [0.2, 0.25) is 0 Å². The van der Waals surface area contributed by atoms with Gasteiger partial charge in [-0.3, -0.25) is 0 Å². The molecule has 0 aromatic carbocycles. The summed E-state index contributed by atoms with van der Waals surface area (Å²) in [7, 11) is 0. The van der Waals surface area contributed by atoms with Crippen molar-refractivity contribution >= 4 is 12.0 Å². The van der Waals surface area contributed by atoms with Gasteiger partial charge >= 0.3 is 12.0 Å². The van der Waals surface area contributed by atoms with E-state index in [9.17, 15) is 14.7 Å². The van der Waals surface area contributed by atoms with E-state index in [4.69, 9.17) is 5.73 Å². The molecule has 6 heteroatoms. The highest BCUT2D eigenvalue weighted by Gasteiger charge is 2.36. The molecule has 1 unspecified atom stereocenters. The number of nitrogens with zero attached hydrogens (tertiary/aromatic N) is 2. The van der Waals surface area contributed by atoms with E-state index in [1.807, 2.05) is 13.8 Å². The first kappa shape index (κ1) is 14.8. The van der Waals surface area contributed by atoms with Crippen molar-refractivity contribution in [3.8, 4) is 0 Å². The maximum Gasteiger partial charge on any atom is 0.326 e. The second kappa shape index (κ2) is 6.58. The summed E-state index contributed by atoms with van der Waals surface area (Å²) in [4.78, 5) is 26.7. The van der Waals surface area contributed by atoms with Crippen LogP contribution >= 0.6 is 0 Å². The van der Waals surface area contributed by atoms with Crippen molar-refractivity contribution in [3.63, 3.8) is 0 Å². The van der Waals surface area contributed by atoms with Gasteiger partial charge in [0.05, 0.1) is 0 Å². The number of aliphatic carboxylic acids is 1. The van der Waals surface area contributed by atoms with Crippen LogP contribution in [0.15, 0.2) is 0 Å². The summed E-state index contributed by atoms with van der Waals surface area (Å²) in [5.74, 6) is -1.03. The van der Waals surface area contributed by atoms with Crippen LogP contribution in [-0.2, 0) is 4.79 Å². The fourth-order valence-electron chi connectivity index (χ4n) is 2.33. The van der Waals surface area contributed by atoms with Crippen molar-refractivity contribution in [1.29, 1.82) is 0 Å². The molecule has 0 spiro atoms. The number of rotatable bonds is 6. The third-order valence-electron chi connectivity index (χ3n) is 3.20. The molecule has 0 bridgehead atoms. The van der Waals surface area contributed by atoms with Gasteiger partial charge < -0.3 is 20.6 Å². The average molecular weight is 257 g/mol. The zero-order valence-corrected chi connectivity index (χ0v) is 11.1. The summed E-state index contributed by atoms with van der Waals surface area (Å²) in [5.41, 5.74) is 5.44. The molecule has 1 fully saturated rings. The maximum atomic E-state index is 12.2. The first-order valence-electron chi connectivity index (χ1n) is 6.47. The highest BCUT2D eigenvalue weighted by atomic mass is 16.4. The van der Waals surface area contributed by atoms with Crippen molar-refractivity contribution < 1.29 is 14.7 Å². The van der Waals surface area contributed by atoms with Crippen molar-refractivity contribution in [2.24, 2.45) is 11.7 Å². The van der Waals surface area contributed by atoms with Gasteiger partial charge in [0.25, 0.3) is 0 Å². The Kier molecular flexibility index (Phi) is 5.40. The number of nitrogens with two attached hydrogens (primary N) is 1. The van der Waals surface area contributed by atoms with Crippen LogP contribution in [0.3, 0.4) is 0 Å². The van der Waals surface area contributed by atoms with E-state index in [0.717, 1.165) is 12.8 Å². The molecule has 1 heterocycles.